The molecule has 15 heavy (non-hydrogen) atoms. The predicted octanol–water partition coefficient (Wildman–Crippen LogP) is 3.05. The summed E-state index contributed by atoms with van der Waals surface area (Å²) in [7, 11) is 0. The molecule has 0 fully saturated rings. The molecular formula is C10H11BrClFO2. The summed E-state index contributed by atoms with van der Waals surface area (Å²) >= 11 is 8.77. The molecule has 84 valence electrons. The molecule has 0 amide bonds. The maximum absolute atomic E-state index is 13.6. The summed E-state index contributed by atoms with van der Waals surface area (Å²) in [5.74, 6) is -0.614. The third-order valence-electron chi connectivity index (χ3n) is 2.06. The van der Waals surface area contributed by atoms with Crippen LogP contribution in [0.15, 0.2) is 16.6 Å². The second kappa shape index (κ2) is 5.80. The van der Waals surface area contributed by atoms with Crippen LogP contribution >= 0.6 is 27.5 Å². The highest BCUT2D eigenvalue weighted by Gasteiger charge is 2.16. The zero-order valence-corrected chi connectivity index (χ0v) is 10.2. The Morgan fingerprint density at radius 2 is 2.13 bits per heavy atom. The zero-order chi connectivity index (χ0) is 11.4. The van der Waals surface area contributed by atoms with Crippen LogP contribution in [0.3, 0.4) is 0 Å². The fourth-order valence-electron chi connectivity index (χ4n) is 1.24. The van der Waals surface area contributed by atoms with Gasteiger partial charge < -0.3 is 10.2 Å². The van der Waals surface area contributed by atoms with Crippen molar-refractivity contribution in [3.63, 3.8) is 0 Å². The molecule has 1 rings (SSSR count). The van der Waals surface area contributed by atoms with Gasteiger partial charge in [-0.1, -0.05) is 17.7 Å². The number of aliphatic hydroxyl groups excluding tert-OH is 2. The second-order valence-electron chi connectivity index (χ2n) is 3.15. The van der Waals surface area contributed by atoms with E-state index in [9.17, 15) is 9.50 Å². The lowest BCUT2D eigenvalue weighted by atomic mass is 10.0. The van der Waals surface area contributed by atoms with Crippen molar-refractivity contribution in [2.45, 2.75) is 18.9 Å². The van der Waals surface area contributed by atoms with E-state index < -0.39 is 11.9 Å². The van der Waals surface area contributed by atoms with Crippen LogP contribution in [0.2, 0.25) is 5.02 Å². The summed E-state index contributed by atoms with van der Waals surface area (Å²) in [5, 5.41) is 18.2. The number of aliphatic hydroxyl groups is 2. The van der Waals surface area contributed by atoms with E-state index in [4.69, 9.17) is 16.7 Å². The Morgan fingerprint density at radius 3 is 2.73 bits per heavy atom. The average Bonchev–Trinajstić information content (AvgIpc) is 2.23. The van der Waals surface area contributed by atoms with Gasteiger partial charge >= 0.3 is 0 Å². The van der Waals surface area contributed by atoms with Gasteiger partial charge in [0.1, 0.15) is 5.82 Å². The van der Waals surface area contributed by atoms with Gasteiger partial charge in [-0.25, -0.2) is 4.39 Å². The maximum Gasteiger partial charge on any atom is 0.148 e. The summed E-state index contributed by atoms with van der Waals surface area (Å²) in [6.45, 7) is -0.0249. The summed E-state index contributed by atoms with van der Waals surface area (Å²) < 4.78 is 14.0. The molecule has 5 heteroatoms. The van der Waals surface area contributed by atoms with Crippen LogP contribution in [0, 0.1) is 5.82 Å². The van der Waals surface area contributed by atoms with Crippen molar-refractivity contribution >= 4 is 27.5 Å². The maximum atomic E-state index is 13.6. The minimum atomic E-state index is -0.928. The van der Waals surface area contributed by atoms with Crippen molar-refractivity contribution in [1.29, 1.82) is 0 Å². The van der Waals surface area contributed by atoms with Gasteiger partial charge in [-0.15, -0.1) is 0 Å². The Hall–Kier alpha value is -0.160. The average molecular weight is 298 g/mol. The molecule has 0 heterocycles. The minimum Gasteiger partial charge on any atom is -0.396 e. The third kappa shape index (κ3) is 3.14. The Kier molecular flexibility index (Phi) is 4.99. The van der Waals surface area contributed by atoms with E-state index >= 15 is 0 Å². The molecule has 2 nitrogen and oxygen atoms in total. The molecule has 0 aromatic heterocycles. The first-order valence-electron chi connectivity index (χ1n) is 4.50. The minimum absolute atomic E-state index is 0.0249. The van der Waals surface area contributed by atoms with Crippen LogP contribution in [-0.2, 0) is 0 Å². The number of hydrogen-bond donors (Lipinski definition) is 2. The fourth-order valence-corrected chi connectivity index (χ4v) is 1.72. The summed E-state index contributed by atoms with van der Waals surface area (Å²) in [6.07, 6.45) is -0.192. The molecule has 0 radical (unpaired) electrons. The summed E-state index contributed by atoms with van der Waals surface area (Å²) in [4.78, 5) is 0. The molecule has 0 aliphatic rings. The van der Waals surface area contributed by atoms with E-state index in [2.05, 4.69) is 15.9 Å². The van der Waals surface area contributed by atoms with Crippen molar-refractivity contribution in [2.24, 2.45) is 0 Å². The molecule has 1 atom stereocenters. The van der Waals surface area contributed by atoms with Crippen LogP contribution in [0.25, 0.3) is 0 Å². The SMILES string of the molecule is OCCCC(O)c1ccc(Br)c(Cl)c1F. The van der Waals surface area contributed by atoms with Gasteiger partial charge in [-0.05, 0) is 34.8 Å². The van der Waals surface area contributed by atoms with Crippen LogP contribution < -0.4 is 0 Å². The molecule has 0 saturated heterocycles. The van der Waals surface area contributed by atoms with Crippen molar-refractivity contribution in [1.82, 2.24) is 0 Å². The number of benzene rings is 1. The lowest BCUT2D eigenvalue weighted by Crippen LogP contribution is -2.02. The molecule has 0 spiro atoms. The van der Waals surface area contributed by atoms with E-state index in [1.165, 1.54) is 6.07 Å². The molecule has 0 aliphatic heterocycles. The van der Waals surface area contributed by atoms with Crippen molar-refractivity contribution in [3.05, 3.63) is 33.0 Å². The van der Waals surface area contributed by atoms with Crippen molar-refractivity contribution < 1.29 is 14.6 Å². The standard InChI is InChI=1S/C10H11BrClFO2/c11-7-4-3-6(10(13)9(7)12)8(15)2-1-5-14/h3-4,8,14-15H,1-2,5H2. The van der Waals surface area contributed by atoms with Crippen LogP contribution in [-0.4, -0.2) is 16.8 Å². The topological polar surface area (TPSA) is 40.5 Å². The first kappa shape index (κ1) is 12.9. The highest BCUT2D eigenvalue weighted by Crippen LogP contribution is 2.31. The largest absolute Gasteiger partial charge is 0.396 e. The fraction of sp³-hybridized carbons (Fsp3) is 0.400. The molecule has 1 aromatic carbocycles. The number of hydrogen-bond acceptors (Lipinski definition) is 2. The van der Waals surface area contributed by atoms with Crippen molar-refractivity contribution in [3.8, 4) is 0 Å². The van der Waals surface area contributed by atoms with Gasteiger partial charge in [0, 0.05) is 16.6 Å². The quantitative estimate of drug-likeness (QED) is 0.839. The van der Waals surface area contributed by atoms with Gasteiger partial charge in [0.2, 0.25) is 0 Å². The highest BCUT2D eigenvalue weighted by molar-refractivity contribution is 9.10. The van der Waals surface area contributed by atoms with E-state index in [1.54, 1.807) is 6.07 Å². The first-order chi connectivity index (χ1) is 7.07. The molecule has 1 aromatic rings. The van der Waals surface area contributed by atoms with E-state index in [-0.39, 0.29) is 17.2 Å². The van der Waals surface area contributed by atoms with Gasteiger partial charge in [0.15, 0.2) is 0 Å². The number of halogens is 3. The third-order valence-corrected chi connectivity index (χ3v) is 3.32. The molecule has 0 bridgehead atoms. The number of rotatable bonds is 4. The first-order valence-corrected chi connectivity index (χ1v) is 5.67. The lowest BCUT2D eigenvalue weighted by molar-refractivity contribution is 0.148. The van der Waals surface area contributed by atoms with Crippen LogP contribution in [0.1, 0.15) is 24.5 Å². The lowest BCUT2D eigenvalue weighted by Gasteiger charge is -2.12. The van der Waals surface area contributed by atoms with E-state index in [0.29, 0.717) is 17.3 Å². The van der Waals surface area contributed by atoms with Crippen LogP contribution in [0.4, 0.5) is 4.39 Å². The normalized spacial score (nSPS) is 12.9. The Bertz CT molecular complexity index is 346. The van der Waals surface area contributed by atoms with Crippen LogP contribution in [0.5, 0.6) is 0 Å². The summed E-state index contributed by atoms with van der Waals surface area (Å²) in [5.41, 5.74) is 0.164. The molecule has 0 saturated carbocycles. The van der Waals surface area contributed by atoms with Gasteiger partial charge in [-0.3, -0.25) is 0 Å². The van der Waals surface area contributed by atoms with Gasteiger partial charge in [0.25, 0.3) is 0 Å². The molecular weight excluding hydrogens is 286 g/mol. The molecule has 1 unspecified atom stereocenters. The zero-order valence-electron chi connectivity index (χ0n) is 7.88. The molecule has 2 N–H and O–H groups in total. The van der Waals surface area contributed by atoms with Crippen molar-refractivity contribution in [2.75, 3.05) is 6.61 Å². The van der Waals surface area contributed by atoms with Gasteiger partial charge in [-0.2, -0.15) is 0 Å². The Labute approximate surface area is 101 Å². The Balaban J connectivity index is 2.90. The smallest absolute Gasteiger partial charge is 0.148 e. The second-order valence-corrected chi connectivity index (χ2v) is 4.38. The highest BCUT2D eigenvalue weighted by atomic mass is 79.9. The Morgan fingerprint density at radius 1 is 1.47 bits per heavy atom. The molecule has 0 aliphatic carbocycles. The van der Waals surface area contributed by atoms with E-state index in [0.717, 1.165) is 0 Å². The van der Waals surface area contributed by atoms with Gasteiger partial charge in [0.05, 0.1) is 11.1 Å². The predicted molar refractivity (Wildman–Crippen MR) is 60.4 cm³/mol. The monoisotopic (exact) mass is 296 g/mol. The van der Waals surface area contributed by atoms with E-state index in [1.807, 2.05) is 0 Å². The summed E-state index contributed by atoms with van der Waals surface area (Å²) in [6, 6.07) is 3.07.